The van der Waals surface area contributed by atoms with Crippen LogP contribution in [-0.4, -0.2) is 54.2 Å². The summed E-state index contributed by atoms with van der Waals surface area (Å²) in [6, 6.07) is 0. The Balaban J connectivity index is 2.19. The zero-order valence-electron chi connectivity index (χ0n) is 11.1. The highest BCUT2D eigenvalue weighted by atomic mass is 19.1. The molecule has 22 heavy (non-hydrogen) atoms. The Kier molecular flexibility index (Phi) is 3.13. The van der Waals surface area contributed by atoms with Gasteiger partial charge in [-0.2, -0.15) is 4.98 Å². The first kappa shape index (κ1) is 14.5. The molecule has 5 N–H and O–H groups in total. The summed E-state index contributed by atoms with van der Waals surface area (Å²) in [5.74, 6) is 1.65. The number of nitrogens with zero attached hydrogens (tertiary/aromatic N) is 3. The SMILES string of the molecule is C#CC1(F)C(O)C(CO)OC1n1cnc2c(=O)[nH]c(N)nc21. The van der Waals surface area contributed by atoms with Crippen molar-refractivity contribution in [3.63, 3.8) is 0 Å². The van der Waals surface area contributed by atoms with Crippen LogP contribution < -0.4 is 11.3 Å². The van der Waals surface area contributed by atoms with E-state index in [2.05, 4.69) is 15.0 Å². The van der Waals surface area contributed by atoms with Crippen LogP contribution >= 0.6 is 0 Å². The summed E-state index contributed by atoms with van der Waals surface area (Å²) in [6.07, 6.45) is 1.81. The molecule has 1 aliphatic rings. The number of rotatable bonds is 2. The Morgan fingerprint density at radius 3 is 3.05 bits per heavy atom. The van der Waals surface area contributed by atoms with E-state index in [9.17, 15) is 14.3 Å². The van der Waals surface area contributed by atoms with Gasteiger partial charge in [-0.1, -0.05) is 5.92 Å². The Morgan fingerprint density at radius 2 is 2.41 bits per heavy atom. The number of aliphatic hydroxyl groups is 2. The molecule has 0 saturated carbocycles. The summed E-state index contributed by atoms with van der Waals surface area (Å²) in [7, 11) is 0. The zero-order chi connectivity index (χ0) is 16.1. The molecule has 2 aromatic rings. The lowest BCUT2D eigenvalue weighted by Crippen LogP contribution is -2.42. The lowest BCUT2D eigenvalue weighted by Gasteiger charge is -2.23. The minimum Gasteiger partial charge on any atom is -0.394 e. The van der Waals surface area contributed by atoms with E-state index in [1.165, 1.54) is 0 Å². The average Bonchev–Trinajstić information content (AvgIpc) is 3.00. The molecule has 0 bridgehead atoms. The molecular weight excluding hydrogens is 297 g/mol. The van der Waals surface area contributed by atoms with Crippen molar-refractivity contribution in [3.05, 3.63) is 16.7 Å². The summed E-state index contributed by atoms with van der Waals surface area (Å²) in [4.78, 5) is 21.7. The predicted octanol–water partition coefficient (Wildman–Crippen LogP) is -1.71. The van der Waals surface area contributed by atoms with Gasteiger partial charge < -0.3 is 20.7 Å². The molecule has 4 unspecified atom stereocenters. The van der Waals surface area contributed by atoms with Gasteiger partial charge in [0.2, 0.25) is 11.6 Å². The number of aromatic amines is 1. The van der Waals surface area contributed by atoms with Gasteiger partial charge in [0.25, 0.3) is 5.56 Å². The number of terminal acetylenes is 1. The number of nitrogen functional groups attached to an aromatic ring is 1. The number of aromatic nitrogens is 4. The van der Waals surface area contributed by atoms with E-state index in [1.807, 2.05) is 5.92 Å². The third-order valence-corrected chi connectivity index (χ3v) is 3.55. The maximum absolute atomic E-state index is 14.9. The Labute approximate surface area is 122 Å². The van der Waals surface area contributed by atoms with Crippen LogP contribution in [0.2, 0.25) is 0 Å². The monoisotopic (exact) mass is 309 g/mol. The molecule has 0 radical (unpaired) electrons. The van der Waals surface area contributed by atoms with Gasteiger partial charge in [-0.3, -0.25) is 14.3 Å². The minimum absolute atomic E-state index is 0.0469. The smallest absolute Gasteiger partial charge is 0.280 e. The van der Waals surface area contributed by atoms with Crippen molar-refractivity contribution in [1.29, 1.82) is 0 Å². The molecule has 9 nitrogen and oxygen atoms in total. The molecule has 2 aromatic heterocycles. The first-order valence-corrected chi connectivity index (χ1v) is 6.25. The van der Waals surface area contributed by atoms with Gasteiger partial charge in [-0.15, -0.1) is 6.42 Å². The molecule has 4 atom stereocenters. The van der Waals surface area contributed by atoms with Crippen LogP contribution in [0.25, 0.3) is 11.2 Å². The molecule has 3 heterocycles. The zero-order valence-corrected chi connectivity index (χ0v) is 11.1. The van der Waals surface area contributed by atoms with Crippen molar-refractivity contribution >= 4 is 17.1 Å². The van der Waals surface area contributed by atoms with E-state index in [1.54, 1.807) is 0 Å². The number of hydrogen-bond donors (Lipinski definition) is 4. The molecule has 116 valence electrons. The second-order valence-electron chi connectivity index (χ2n) is 4.84. The van der Waals surface area contributed by atoms with Crippen molar-refractivity contribution in [2.75, 3.05) is 12.3 Å². The van der Waals surface area contributed by atoms with Crippen molar-refractivity contribution in [3.8, 4) is 12.3 Å². The number of anilines is 1. The van der Waals surface area contributed by atoms with E-state index in [0.717, 1.165) is 10.9 Å². The van der Waals surface area contributed by atoms with Gasteiger partial charge in [-0.25, -0.2) is 9.37 Å². The summed E-state index contributed by atoms with van der Waals surface area (Å²) < 4.78 is 21.3. The van der Waals surface area contributed by atoms with Crippen molar-refractivity contribution in [1.82, 2.24) is 19.5 Å². The van der Waals surface area contributed by atoms with E-state index in [0.29, 0.717) is 0 Å². The molecule has 1 fully saturated rings. The number of nitrogens with one attached hydrogen (secondary N) is 1. The van der Waals surface area contributed by atoms with Gasteiger partial charge in [0, 0.05) is 0 Å². The molecule has 0 aromatic carbocycles. The third kappa shape index (κ3) is 1.80. The van der Waals surface area contributed by atoms with Gasteiger partial charge >= 0.3 is 0 Å². The van der Waals surface area contributed by atoms with Gasteiger partial charge in [0.15, 0.2) is 17.4 Å². The van der Waals surface area contributed by atoms with Crippen LogP contribution in [0.1, 0.15) is 6.23 Å². The van der Waals surface area contributed by atoms with Crippen LogP contribution in [-0.2, 0) is 4.74 Å². The van der Waals surface area contributed by atoms with Gasteiger partial charge in [0.05, 0.1) is 12.9 Å². The molecule has 1 aliphatic heterocycles. The number of nitrogens with two attached hydrogens (primary N) is 1. The highest BCUT2D eigenvalue weighted by molar-refractivity contribution is 5.70. The maximum Gasteiger partial charge on any atom is 0.280 e. The summed E-state index contributed by atoms with van der Waals surface area (Å²) in [5, 5.41) is 19.1. The molecule has 1 saturated heterocycles. The summed E-state index contributed by atoms with van der Waals surface area (Å²) in [6.45, 7) is -0.631. The Bertz CT molecular complexity index is 827. The van der Waals surface area contributed by atoms with E-state index in [-0.39, 0.29) is 17.1 Å². The minimum atomic E-state index is -2.62. The van der Waals surface area contributed by atoms with Crippen LogP contribution in [0.4, 0.5) is 10.3 Å². The summed E-state index contributed by atoms with van der Waals surface area (Å²) >= 11 is 0. The summed E-state index contributed by atoms with van der Waals surface area (Å²) in [5.41, 5.74) is 2.10. The second kappa shape index (κ2) is 4.77. The number of hydrogen-bond acceptors (Lipinski definition) is 7. The molecule has 0 amide bonds. The fourth-order valence-electron chi connectivity index (χ4n) is 2.44. The van der Waals surface area contributed by atoms with Crippen LogP contribution in [0.3, 0.4) is 0 Å². The predicted molar refractivity (Wildman–Crippen MR) is 72.2 cm³/mol. The number of ether oxygens (including phenoxy) is 1. The van der Waals surface area contributed by atoms with E-state index in [4.69, 9.17) is 22.0 Å². The fourth-order valence-corrected chi connectivity index (χ4v) is 2.44. The maximum atomic E-state index is 14.9. The van der Waals surface area contributed by atoms with Crippen LogP contribution in [0.5, 0.6) is 0 Å². The van der Waals surface area contributed by atoms with Crippen LogP contribution in [0, 0.1) is 12.3 Å². The largest absolute Gasteiger partial charge is 0.394 e. The Morgan fingerprint density at radius 1 is 1.68 bits per heavy atom. The van der Waals surface area contributed by atoms with Crippen molar-refractivity contribution < 1.29 is 19.3 Å². The normalized spacial score (nSPS) is 31.5. The first-order chi connectivity index (χ1) is 10.4. The van der Waals surface area contributed by atoms with Gasteiger partial charge in [-0.05, 0) is 0 Å². The molecule has 0 spiro atoms. The topological polar surface area (TPSA) is 139 Å². The second-order valence-corrected chi connectivity index (χ2v) is 4.84. The highest BCUT2D eigenvalue weighted by Gasteiger charge is 2.57. The van der Waals surface area contributed by atoms with Crippen molar-refractivity contribution in [2.45, 2.75) is 24.1 Å². The fraction of sp³-hybridized carbons (Fsp3) is 0.417. The molecule has 0 aliphatic carbocycles. The third-order valence-electron chi connectivity index (χ3n) is 3.55. The van der Waals surface area contributed by atoms with Crippen molar-refractivity contribution in [2.24, 2.45) is 0 Å². The standard InChI is InChI=1S/C12H12FN5O4/c1-2-12(13)7(20)5(3-19)22-10(12)18-4-15-6-8(18)16-11(14)17-9(6)21/h1,4-5,7,10,19-20H,3H2,(H3,14,16,17,21). The van der Waals surface area contributed by atoms with E-state index < -0.39 is 36.3 Å². The number of halogens is 1. The number of fused-ring (bicyclic) bond motifs is 1. The number of imidazole rings is 1. The van der Waals surface area contributed by atoms with Gasteiger partial charge in [0.1, 0.15) is 12.2 Å². The first-order valence-electron chi connectivity index (χ1n) is 6.25. The lowest BCUT2D eigenvalue weighted by molar-refractivity contribution is -0.0504. The molecular formula is C12H12FN5O4. The number of H-pyrrole nitrogens is 1. The number of aliphatic hydroxyl groups excluding tert-OH is 2. The molecule has 10 heteroatoms. The molecule has 3 rings (SSSR count). The van der Waals surface area contributed by atoms with E-state index >= 15 is 0 Å². The quantitative estimate of drug-likeness (QED) is 0.484. The average molecular weight is 309 g/mol. The highest BCUT2D eigenvalue weighted by Crippen LogP contribution is 2.41. The lowest BCUT2D eigenvalue weighted by atomic mass is 9.97. The number of alkyl halides is 1. The van der Waals surface area contributed by atoms with Crippen LogP contribution in [0.15, 0.2) is 11.1 Å². The Hall–Kier alpha value is -2.48.